The summed E-state index contributed by atoms with van der Waals surface area (Å²) in [5.41, 5.74) is 0. The van der Waals surface area contributed by atoms with Crippen molar-refractivity contribution in [3.05, 3.63) is 24.0 Å². The van der Waals surface area contributed by atoms with Gasteiger partial charge >= 0.3 is 0 Å². The molecule has 1 aliphatic rings. The molecule has 0 aromatic carbocycles. The average Bonchev–Trinajstić information content (AvgIpc) is 1.94. The molecule has 0 aromatic rings. The molecule has 0 saturated carbocycles. The summed E-state index contributed by atoms with van der Waals surface area (Å²) in [6, 6.07) is 0. The largest absolute Gasteiger partial charge is 0.428 e. The van der Waals surface area contributed by atoms with Crippen LogP contribution in [0.3, 0.4) is 0 Å². The molecule has 0 aliphatic heterocycles. The van der Waals surface area contributed by atoms with Crippen molar-refractivity contribution < 1.29 is 9.53 Å². The van der Waals surface area contributed by atoms with Gasteiger partial charge in [0.05, 0.1) is 4.86 Å². The number of hydrogen-bond donors (Lipinski definition) is 0. The highest BCUT2D eigenvalue weighted by Gasteiger charge is 2.05. The van der Waals surface area contributed by atoms with E-state index in [9.17, 15) is 4.79 Å². The Morgan fingerprint density at radius 2 is 2.50 bits per heavy atom. The molecule has 10 heavy (non-hydrogen) atoms. The Labute approximate surface area is 64.2 Å². The zero-order valence-corrected chi connectivity index (χ0v) is 6.06. The average molecular weight is 154 g/mol. The third-order valence-electron chi connectivity index (χ3n) is 1.14. The highest BCUT2D eigenvalue weighted by molar-refractivity contribution is 7.80. The van der Waals surface area contributed by atoms with Gasteiger partial charge < -0.3 is 4.74 Å². The first kappa shape index (κ1) is 7.15. The fourth-order valence-electron chi connectivity index (χ4n) is 0.681. The molecule has 0 fully saturated rings. The van der Waals surface area contributed by atoms with E-state index in [1.165, 1.54) is 0 Å². The molecular weight excluding hydrogens is 148 g/mol. The van der Waals surface area contributed by atoms with Crippen LogP contribution >= 0.6 is 12.2 Å². The second kappa shape index (κ2) is 3.27. The van der Waals surface area contributed by atoms with Gasteiger partial charge in [0, 0.05) is 6.42 Å². The van der Waals surface area contributed by atoms with E-state index in [1.54, 1.807) is 6.08 Å². The van der Waals surface area contributed by atoms with E-state index in [0.717, 1.165) is 0 Å². The minimum Gasteiger partial charge on any atom is -0.428 e. The summed E-state index contributed by atoms with van der Waals surface area (Å²) < 4.78 is 4.58. The normalized spacial score (nSPS) is 16.4. The Morgan fingerprint density at radius 3 is 3.10 bits per heavy atom. The summed E-state index contributed by atoms with van der Waals surface area (Å²) in [6.45, 7) is 0.386. The molecule has 0 spiro atoms. The molecule has 0 heterocycles. The van der Waals surface area contributed by atoms with Gasteiger partial charge in [0.2, 0.25) is 0 Å². The van der Waals surface area contributed by atoms with Gasteiger partial charge in [-0.3, -0.25) is 4.79 Å². The van der Waals surface area contributed by atoms with Gasteiger partial charge in [-0.05, 0) is 6.08 Å². The summed E-state index contributed by atoms with van der Waals surface area (Å²) in [7, 11) is 0. The van der Waals surface area contributed by atoms with Crippen molar-refractivity contribution in [2.75, 3.05) is 0 Å². The highest BCUT2D eigenvalue weighted by atomic mass is 32.1. The number of rotatable bonds is 2. The van der Waals surface area contributed by atoms with E-state index in [2.05, 4.69) is 4.74 Å². The van der Waals surface area contributed by atoms with Crippen LogP contribution in [0.25, 0.3) is 0 Å². The monoisotopic (exact) mass is 154 g/mol. The lowest BCUT2D eigenvalue weighted by Gasteiger charge is -2.05. The number of allylic oxidation sites excluding steroid dienone is 4. The molecule has 0 bridgehead atoms. The molecule has 1 aliphatic carbocycles. The summed E-state index contributed by atoms with van der Waals surface area (Å²) in [5.74, 6) is 0.493. The smallest absolute Gasteiger partial charge is 0.298 e. The van der Waals surface area contributed by atoms with Crippen LogP contribution in [0.15, 0.2) is 24.0 Å². The van der Waals surface area contributed by atoms with Crippen LogP contribution < -0.4 is 0 Å². The van der Waals surface area contributed by atoms with Crippen LogP contribution in [-0.4, -0.2) is 11.3 Å². The molecule has 0 unspecified atom stereocenters. The van der Waals surface area contributed by atoms with Crippen molar-refractivity contribution >= 4 is 23.6 Å². The maximum atomic E-state index is 9.87. The first-order valence-corrected chi connectivity index (χ1v) is 3.26. The molecule has 2 nitrogen and oxygen atoms in total. The van der Waals surface area contributed by atoms with Crippen LogP contribution in [-0.2, 0) is 9.53 Å². The van der Waals surface area contributed by atoms with E-state index in [-0.39, 0.29) is 0 Å². The van der Waals surface area contributed by atoms with E-state index in [1.807, 2.05) is 12.2 Å². The molecule has 1 rings (SSSR count). The third kappa shape index (κ3) is 1.51. The first-order chi connectivity index (χ1) is 4.84. The number of carbonyl (C=O) groups is 1. The minimum absolute atomic E-state index is 0.386. The second-order valence-corrected chi connectivity index (χ2v) is 2.29. The molecule has 3 heteroatoms. The predicted octanol–water partition coefficient (Wildman–Crippen LogP) is 1.37. The molecular formula is C7H6O2S. The van der Waals surface area contributed by atoms with Crippen molar-refractivity contribution in [1.82, 2.24) is 0 Å². The van der Waals surface area contributed by atoms with Crippen molar-refractivity contribution in [2.45, 2.75) is 6.42 Å². The fraction of sp³-hybridized carbons (Fsp3) is 0.143. The van der Waals surface area contributed by atoms with Crippen LogP contribution in [0.4, 0.5) is 0 Å². The molecule has 0 amide bonds. The first-order valence-electron chi connectivity index (χ1n) is 2.85. The van der Waals surface area contributed by atoms with Gasteiger partial charge in [-0.15, -0.1) is 0 Å². The standard InChI is InChI=1S/C7H6O2S/c8-5-9-6-3-1-2-4-7(6)10/h1-3,5H,4H2. The van der Waals surface area contributed by atoms with Crippen molar-refractivity contribution in [3.8, 4) is 0 Å². The van der Waals surface area contributed by atoms with Crippen molar-refractivity contribution in [1.29, 1.82) is 0 Å². The summed E-state index contributed by atoms with van der Waals surface area (Å²) in [4.78, 5) is 10.5. The summed E-state index contributed by atoms with van der Waals surface area (Å²) in [6.07, 6.45) is 6.10. The van der Waals surface area contributed by atoms with E-state index in [4.69, 9.17) is 12.2 Å². The molecule has 0 N–H and O–H groups in total. The van der Waals surface area contributed by atoms with Gasteiger partial charge in [0.15, 0.2) is 0 Å². The fourth-order valence-corrected chi connectivity index (χ4v) is 0.893. The third-order valence-corrected chi connectivity index (χ3v) is 1.50. The topological polar surface area (TPSA) is 26.3 Å². The quantitative estimate of drug-likeness (QED) is 0.444. The van der Waals surface area contributed by atoms with Gasteiger partial charge in [-0.1, -0.05) is 24.4 Å². The van der Waals surface area contributed by atoms with Gasteiger partial charge in [-0.2, -0.15) is 0 Å². The van der Waals surface area contributed by atoms with Crippen LogP contribution in [0.2, 0.25) is 0 Å². The lowest BCUT2D eigenvalue weighted by molar-refractivity contribution is -0.124. The maximum Gasteiger partial charge on any atom is 0.298 e. The second-order valence-electron chi connectivity index (χ2n) is 1.80. The number of ether oxygens (including phenoxy) is 1. The minimum atomic E-state index is 0.386. The molecule has 0 atom stereocenters. The van der Waals surface area contributed by atoms with Crippen LogP contribution in [0.5, 0.6) is 0 Å². The zero-order valence-electron chi connectivity index (χ0n) is 5.24. The maximum absolute atomic E-state index is 9.87. The Morgan fingerprint density at radius 1 is 1.70 bits per heavy atom. The molecule has 0 saturated heterocycles. The SMILES string of the molecule is O=COC1=CC=CCC1=S. The number of hydrogen-bond acceptors (Lipinski definition) is 3. The van der Waals surface area contributed by atoms with Crippen molar-refractivity contribution in [3.63, 3.8) is 0 Å². The molecule has 52 valence electrons. The van der Waals surface area contributed by atoms with Gasteiger partial charge in [0.25, 0.3) is 6.47 Å². The Kier molecular flexibility index (Phi) is 2.34. The molecule has 0 radical (unpaired) electrons. The highest BCUT2D eigenvalue weighted by Crippen LogP contribution is 2.09. The van der Waals surface area contributed by atoms with Crippen LogP contribution in [0.1, 0.15) is 6.42 Å². The van der Waals surface area contributed by atoms with Gasteiger partial charge in [0.1, 0.15) is 5.76 Å². The Balaban J connectivity index is 2.70. The van der Waals surface area contributed by atoms with Crippen LogP contribution in [0, 0.1) is 0 Å². The Hall–Kier alpha value is -0.960. The number of thiocarbonyl (C=S) groups is 1. The summed E-state index contributed by atoms with van der Waals surface area (Å²) >= 11 is 4.89. The van der Waals surface area contributed by atoms with E-state index < -0.39 is 0 Å². The molecule has 0 aromatic heterocycles. The lowest BCUT2D eigenvalue weighted by atomic mass is 10.2. The Bertz CT molecular complexity index is 216. The summed E-state index contributed by atoms with van der Waals surface area (Å²) in [5, 5.41) is 0. The predicted molar refractivity (Wildman–Crippen MR) is 41.6 cm³/mol. The van der Waals surface area contributed by atoms with Crippen molar-refractivity contribution in [2.24, 2.45) is 0 Å². The van der Waals surface area contributed by atoms with E-state index >= 15 is 0 Å². The zero-order chi connectivity index (χ0) is 7.40. The lowest BCUT2D eigenvalue weighted by Crippen LogP contribution is -2.04. The number of carbonyl (C=O) groups excluding carboxylic acids is 1. The van der Waals surface area contributed by atoms with Gasteiger partial charge in [-0.25, -0.2) is 0 Å². The van der Waals surface area contributed by atoms with E-state index in [0.29, 0.717) is 23.5 Å².